The molecule has 0 bridgehead atoms. The van der Waals surface area contributed by atoms with Crippen molar-refractivity contribution in [3.8, 4) is 0 Å². The topological polar surface area (TPSA) is 135 Å². The van der Waals surface area contributed by atoms with Crippen LogP contribution in [0.3, 0.4) is 0 Å². The zero-order valence-corrected chi connectivity index (χ0v) is 22.2. The van der Waals surface area contributed by atoms with E-state index >= 15 is 0 Å². The summed E-state index contributed by atoms with van der Waals surface area (Å²) in [5.41, 5.74) is 0.967. The maximum absolute atomic E-state index is 13.3. The van der Waals surface area contributed by atoms with Gasteiger partial charge >= 0.3 is 6.18 Å². The number of tetrazole rings is 1. The summed E-state index contributed by atoms with van der Waals surface area (Å²) in [7, 11) is 0. The molecule has 11 nitrogen and oxygen atoms in total. The molecule has 1 fully saturated rings. The highest BCUT2D eigenvalue weighted by molar-refractivity contribution is 5.92. The first kappa shape index (κ1) is 28.9. The van der Waals surface area contributed by atoms with Gasteiger partial charge in [0.05, 0.1) is 24.0 Å². The van der Waals surface area contributed by atoms with E-state index in [1.54, 1.807) is 18.0 Å². The van der Waals surface area contributed by atoms with Crippen LogP contribution >= 0.6 is 0 Å². The number of carbonyl (C=O) groups is 2. The van der Waals surface area contributed by atoms with E-state index in [9.17, 15) is 22.8 Å². The molecule has 3 aromatic rings. The summed E-state index contributed by atoms with van der Waals surface area (Å²) in [5.74, 6) is 0.177. The molecule has 0 spiro atoms. The molecule has 2 aromatic heterocycles. The molecule has 14 heteroatoms. The summed E-state index contributed by atoms with van der Waals surface area (Å²) in [4.78, 5) is 28.0. The maximum Gasteiger partial charge on any atom is 0.416 e. The minimum absolute atomic E-state index is 0.0109. The molecule has 2 N–H and O–H groups in total. The highest BCUT2D eigenvalue weighted by atomic mass is 19.4. The summed E-state index contributed by atoms with van der Waals surface area (Å²) >= 11 is 0. The number of benzene rings is 1. The van der Waals surface area contributed by atoms with Crippen LogP contribution in [0.5, 0.6) is 0 Å². The lowest BCUT2D eigenvalue weighted by atomic mass is 10.0. The van der Waals surface area contributed by atoms with E-state index in [0.29, 0.717) is 49.3 Å². The van der Waals surface area contributed by atoms with Gasteiger partial charge in [-0.2, -0.15) is 18.0 Å². The van der Waals surface area contributed by atoms with Crippen molar-refractivity contribution in [2.24, 2.45) is 0 Å². The van der Waals surface area contributed by atoms with Crippen LogP contribution in [0, 0.1) is 6.92 Å². The van der Waals surface area contributed by atoms with Crippen molar-refractivity contribution in [2.75, 3.05) is 13.1 Å². The molecule has 1 aliphatic heterocycles. The van der Waals surface area contributed by atoms with Crippen molar-refractivity contribution >= 4 is 17.9 Å². The molecule has 0 radical (unpaired) electrons. The number of aryl methyl sites for hydroxylation is 2. The van der Waals surface area contributed by atoms with E-state index in [2.05, 4.69) is 36.1 Å². The molecule has 0 atom stereocenters. The number of aromatic amines is 1. The van der Waals surface area contributed by atoms with Crippen molar-refractivity contribution < 1.29 is 22.8 Å². The summed E-state index contributed by atoms with van der Waals surface area (Å²) in [6.07, 6.45) is 5.36. The lowest BCUT2D eigenvalue weighted by molar-refractivity contribution is -0.137. The highest BCUT2D eigenvalue weighted by Crippen LogP contribution is 2.31. The number of nitrogens with one attached hydrogen (secondary N) is 2. The number of rotatable bonds is 11. The van der Waals surface area contributed by atoms with Crippen LogP contribution in [0.15, 0.2) is 30.5 Å². The van der Waals surface area contributed by atoms with Crippen LogP contribution in [0.2, 0.25) is 0 Å². The van der Waals surface area contributed by atoms with Crippen molar-refractivity contribution in [3.05, 3.63) is 58.7 Å². The van der Waals surface area contributed by atoms with Gasteiger partial charge < -0.3 is 10.2 Å². The molecular formula is C26H32F3N9O2. The molecule has 40 heavy (non-hydrogen) atoms. The normalized spacial score (nSPS) is 14.7. The van der Waals surface area contributed by atoms with Gasteiger partial charge in [0.15, 0.2) is 5.82 Å². The number of carbonyl (C=O) groups excluding carboxylic acids is 2. The Bertz CT molecular complexity index is 1300. The van der Waals surface area contributed by atoms with Crippen LogP contribution in [0.25, 0.3) is 6.08 Å². The first-order valence-electron chi connectivity index (χ1n) is 13.2. The van der Waals surface area contributed by atoms with E-state index in [1.807, 2.05) is 0 Å². The molecule has 2 amide bonds. The van der Waals surface area contributed by atoms with Crippen LogP contribution in [0.4, 0.5) is 13.2 Å². The third-order valence-corrected chi connectivity index (χ3v) is 6.73. The Hall–Kier alpha value is -4.10. The van der Waals surface area contributed by atoms with Gasteiger partial charge in [-0.05, 0) is 73.6 Å². The fourth-order valence-corrected chi connectivity index (χ4v) is 4.55. The van der Waals surface area contributed by atoms with Crippen LogP contribution < -0.4 is 5.32 Å². The second-order valence-corrected chi connectivity index (χ2v) is 9.82. The summed E-state index contributed by atoms with van der Waals surface area (Å²) < 4.78 is 39.9. The van der Waals surface area contributed by atoms with Gasteiger partial charge in [0.25, 0.3) is 0 Å². The van der Waals surface area contributed by atoms with Crippen molar-refractivity contribution in [1.82, 2.24) is 45.8 Å². The van der Waals surface area contributed by atoms with Crippen molar-refractivity contribution in [3.63, 3.8) is 0 Å². The van der Waals surface area contributed by atoms with Gasteiger partial charge in [-0.1, -0.05) is 17.7 Å². The van der Waals surface area contributed by atoms with E-state index in [4.69, 9.17) is 0 Å². The van der Waals surface area contributed by atoms with Gasteiger partial charge in [0.1, 0.15) is 0 Å². The Morgan fingerprint density at radius 1 is 1.18 bits per heavy atom. The number of H-pyrrole nitrogens is 1. The average Bonchev–Trinajstić information content (AvgIpc) is 3.59. The monoisotopic (exact) mass is 559 g/mol. The number of unbranched alkanes of at least 4 members (excludes halogenated alkanes) is 2. The number of hydrogen-bond donors (Lipinski definition) is 2. The number of likely N-dealkylation sites (tertiary alicyclic amines) is 1. The quantitative estimate of drug-likeness (QED) is 0.272. The fraction of sp³-hybridized carbons (Fsp3) is 0.500. The SMILES string of the molecule is Cc1nnn(Cc2cc(C(F)(F)F)ccc2/C=C/C(=O)N2CCC(NC(=O)CCCCCc3cnn[nH]3)CC2)n1. The van der Waals surface area contributed by atoms with E-state index in [0.717, 1.165) is 43.5 Å². The largest absolute Gasteiger partial charge is 0.416 e. The van der Waals surface area contributed by atoms with Crippen molar-refractivity contribution in [2.45, 2.75) is 70.6 Å². The molecule has 0 saturated carbocycles. The first-order valence-corrected chi connectivity index (χ1v) is 13.2. The van der Waals surface area contributed by atoms with Crippen molar-refractivity contribution in [1.29, 1.82) is 0 Å². The van der Waals surface area contributed by atoms with Crippen LogP contribution in [-0.2, 0) is 28.7 Å². The highest BCUT2D eigenvalue weighted by Gasteiger charge is 2.31. The van der Waals surface area contributed by atoms with E-state index < -0.39 is 11.7 Å². The number of amides is 2. The number of nitrogens with zero attached hydrogens (tertiary/aromatic N) is 7. The molecule has 1 aromatic carbocycles. The zero-order chi connectivity index (χ0) is 28.5. The van der Waals surface area contributed by atoms with E-state index in [-0.39, 0.29) is 24.4 Å². The third-order valence-electron chi connectivity index (χ3n) is 6.73. The second-order valence-electron chi connectivity index (χ2n) is 9.82. The molecule has 0 aliphatic carbocycles. The smallest absolute Gasteiger partial charge is 0.353 e. The van der Waals surface area contributed by atoms with Gasteiger partial charge in [-0.25, -0.2) is 0 Å². The van der Waals surface area contributed by atoms with Gasteiger partial charge in [0, 0.05) is 31.6 Å². The molecule has 4 rings (SSSR count). The van der Waals surface area contributed by atoms with Gasteiger partial charge in [0.2, 0.25) is 11.8 Å². The van der Waals surface area contributed by atoms with Crippen LogP contribution in [0.1, 0.15) is 66.7 Å². The Labute approximate surface area is 229 Å². The number of alkyl halides is 3. The average molecular weight is 560 g/mol. The third kappa shape index (κ3) is 8.45. The minimum atomic E-state index is -4.50. The lowest BCUT2D eigenvalue weighted by Gasteiger charge is -2.31. The Kier molecular flexibility index (Phi) is 9.61. The van der Waals surface area contributed by atoms with E-state index in [1.165, 1.54) is 23.0 Å². The second kappa shape index (κ2) is 13.3. The zero-order valence-electron chi connectivity index (χ0n) is 22.2. The summed E-state index contributed by atoms with van der Waals surface area (Å²) in [5, 5.41) is 24.9. The predicted octanol–water partition coefficient (Wildman–Crippen LogP) is 3.09. The Morgan fingerprint density at radius 3 is 2.65 bits per heavy atom. The Balaban J connectivity index is 1.24. The number of piperidine rings is 1. The molecule has 3 heterocycles. The predicted molar refractivity (Wildman–Crippen MR) is 138 cm³/mol. The summed E-state index contributed by atoms with van der Waals surface area (Å²) in [6.45, 7) is 2.57. The molecule has 214 valence electrons. The Morgan fingerprint density at radius 2 is 1.98 bits per heavy atom. The minimum Gasteiger partial charge on any atom is -0.353 e. The maximum atomic E-state index is 13.3. The molecule has 1 aliphatic rings. The number of hydrogen-bond acceptors (Lipinski definition) is 7. The van der Waals surface area contributed by atoms with Gasteiger partial charge in [-0.15, -0.1) is 15.3 Å². The fourth-order valence-electron chi connectivity index (χ4n) is 4.55. The standard InChI is InChI=1S/C26H32F3N9O2/c1-18-32-36-38(34-18)17-20-15-21(26(27,28)29)9-7-19(20)8-10-25(40)37-13-11-22(12-14-37)31-24(39)6-4-2-3-5-23-16-30-35-33-23/h7-10,15-16,22H,2-6,11-14,17H2,1H3,(H,31,39)(H,30,33,35)/b10-8+. The molecule has 0 unspecified atom stereocenters. The number of halogens is 3. The molecular weight excluding hydrogens is 527 g/mol. The summed E-state index contributed by atoms with van der Waals surface area (Å²) in [6, 6.07) is 3.37. The lowest BCUT2D eigenvalue weighted by Crippen LogP contribution is -2.46. The van der Waals surface area contributed by atoms with Crippen LogP contribution in [-0.4, -0.2) is 71.5 Å². The van der Waals surface area contributed by atoms with Gasteiger partial charge in [-0.3, -0.25) is 14.7 Å². The molecule has 1 saturated heterocycles. The first-order chi connectivity index (χ1) is 19.2. The number of aromatic nitrogens is 7.